The Hall–Kier alpha value is -4.50. The summed E-state index contributed by atoms with van der Waals surface area (Å²) in [7, 11) is 1.22. The number of carbonyl (C=O) groups excluding carboxylic acids is 2. The summed E-state index contributed by atoms with van der Waals surface area (Å²) < 4.78 is 46.0. The first-order chi connectivity index (χ1) is 21.4. The molecule has 15 heteroatoms. The number of carbonyl (C=O) groups is 2. The van der Waals surface area contributed by atoms with Crippen molar-refractivity contribution in [2.24, 2.45) is 0 Å². The van der Waals surface area contributed by atoms with Crippen LogP contribution in [0.1, 0.15) is 34.1 Å². The molecule has 2 aliphatic rings. The first-order valence-electron chi connectivity index (χ1n) is 14.4. The van der Waals surface area contributed by atoms with Crippen LogP contribution in [0.2, 0.25) is 0 Å². The molecule has 1 saturated heterocycles. The lowest BCUT2D eigenvalue weighted by molar-refractivity contribution is -0.384. The fourth-order valence-electron chi connectivity index (χ4n) is 5.95. The second-order valence-electron chi connectivity index (χ2n) is 11.1. The van der Waals surface area contributed by atoms with Crippen LogP contribution < -0.4 is 4.90 Å². The minimum absolute atomic E-state index is 0.107. The minimum atomic E-state index is -4.47. The zero-order chi connectivity index (χ0) is 32.5. The predicted octanol–water partition coefficient (Wildman–Crippen LogP) is 3.35. The molecule has 1 unspecified atom stereocenters. The van der Waals surface area contributed by atoms with E-state index >= 15 is 0 Å². The van der Waals surface area contributed by atoms with Crippen LogP contribution in [-0.2, 0) is 35.2 Å². The molecule has 3 aromatic rings. The number of benzene rings is 2. The second-order valence-corrected chi connectivity index (χ2v) is 11.1. The molecule has 1 amide bonds. The van der Waals surface area contributed by atoms with E-state index < -0.39 is 28.7 Å². The highest BCUT2D eigenvalue weighted by atomic mass is 19.4. The number of aromatic nitrogens is 2. The van der Waals surface area contributed by atoms with E-state index in [1.54, 1.807) is 14.5 Å². The maximum atomic E-state index is 13.2. The highest BCUT2D eigenvalue weighted by Gasteiger charge is 2.33. The van der Waals surface area contributed by atoms with Crippen LogP contribution in [0.15, 0.2) is 42.5 Å². The quantitative estimate of drug-likeness (QED) is 0.226. The van der Waals surface area contributed by atoms with Gasteiger partial charge in [0.05, 0.1) is 41.5 Å². The van der Waals surface area contributed by atoms with Gasteiger partial charge in [-0.25, -0.2) is 4.79 Å². The molecule has 1 N–H and O–H groups in total. The number of piperazine rings is 1. The zero-order valence-corrected chi connectivity index (χ0v) is 24.8. The summed E-state index contributed by atoms with van der Waals surface area (Å²) in [6.07, 6.45) is -4.85. The fourth-order valence-corrected chi connectivity index (χ4v) is 5.95. The lowest BCUT2D eigenvalue weighted by Crippen LogP contribution is -2.49. The van der Waals surface area contributed by atoms with Crippen molar-refractivity contribution in [1.82, 2.24) is 19.6 Å². The SMILES string of the molecule is COC(=O)c1cccc([N+](=O)[O-])c1N1CCN(CC(O)Cn2nc(-c3ccc(C(F)(F)F)cc3)c3c2CCN(C(C)=O)C3)CC1. The number of ether oxygens (including phenoxy) is 1. The van der Waals surface area contributed by atoms with Gasteiger partial charge in [-0.1, -0.05) is 18.2 Å². The molecular formula is C30H33F3N6O6. The van der Waals surface area contributed by atoms with Gasteiger partial charge in [0.25, 0.3) is 5.69 Å². The molecule has 0 aliphatic carbocycles. The molecule has 0 radical (unpaired) electrons. The van der Waals surface area contributed by atoms with Crippen LogP contribution in [0.3, 0.4) is 0 Å². The zero-order valence-electron chi connectivity index (χ0n) is 24.8. The van der Waals surface area contributed by atoms with E-state index in [4.69, 9.17) is 9.84 Å². The summed E-state index contributed by atoms with van der Waals surface area (Å²) >= 11 is 0. The van der Waals surface area contributed by atoms with Crippen LogP contribution >= 0.6 is 0 Å². The number of methoxy groups -OCH3 is 1. The fraction of sp³-hybridized carbons (Fsp3) is 0.433. The number of nitrogens with zero attached hydrogens (tertiary/aromatic N) is 6. The van der Waals surface area contributed by atoms with Gasteiger partial charge in [-0.15, -0.1) is 0 Å². The standard InChI is InChI=1S/C30H33F3N6O6/c1-19(40)37-11-10-25-24(18-37)27(20-6-8-21(9-7-20)30(31,32)33)34-38(25)17-22(41)16-35-12-14-36(15-13-35)28-23(29(42)45-2)4-3-5-26(28)39(43)44/h3-9,22,41H,10-18H2,1-2H3. The summed E-state index contributed by atoms with van der Waals surface area (Å²) in [5.74, 6) is -0.790. The smallest absolute Gasteiger partial charge is 0.416 e. The Morgan fingerprint density at radius 2 is 1.76 bits per heavy atom. The number of aliphatic hydroxyl groups excluding tert-OH is 1. The number of anilines is 1. The predicted molar refractivity (Wildman–Crippen MR) is 157 cm³/mol. The number of rotatable bonds is 8. The monoisotopic (exact) mass is 630 g/mol. The van der Waals surface area contributed by atoms with E-state index in [1.165, 1.54) is 44.4 Å². The van der Waals surface area contributed by atoms with Gasteiger partial charge in [-0.2, -0.15) is 18.3 Å². The van der Waals surface area contributed by atoms with Crippen LogP contribution in [0.4, 0.5) is 24.5 Å². The van der Waals surface area contributed by atoms with Gasteiger partial charge >= 0.3 is 12.1 Å². The molecule has 0 spiro atoms. The van der Waals surface area contributed by atoms with Gasteiger partial charge in [0.2, 0.25) is 5.91 Å². The van der Waals surface area contributed by atoms with Crippen molar-refractivity contribution >= 4 is 23.3 Å². The topological polar surface area (TPSA) is 134 Å². The van der Waals surface area contributed by atoms with Gasteiger partial charge < -0.3 is 19.6 Å². The molecule has 2 aliphatic heterocycles. The van der Waals surface area contributed by atoms with Gasteiger partial charge in [0.15, 0.2) is 0 Å². The van der Waals surface area contributed by atoms with Crippen LogP contribution in [-0.4, -0.2) is 94.0 Å². The Labute approximate surface area is 256 Å². The molecular weight excluding hydrogens is 597 g/mol. The average molecular weight is 631 g/mol. The molecule has 12 nitrogen and oxygen atoms in total. The van der Waals surface area contributed by atoms with Crippen LogP contribution in [0.25, 0.3) is 11.3 Å². The number of hydrogen-bond donors (Lipinski definition) is 1. The van der Waals surface area contributed by atoms with Crippen LogP contribution in [0.5, 0.6) is 0 Å². The van der Waals surface area contributed by atoms with Gasteiger partial charge in [0, 0.05) is 82.0 Å². The highest BCUT2D eigenvalue weighted by Crippen LogP contribution is 2.35. The number of aliphatic hydroxyl groups is 1. The normalized spacial score (nSPS) is 16.3. The Bertz CT molecular complexity index is 1580. The Kier molecular flexibility index (Phi) is 9.11. The number of para-hydroxylation sites is 1. The molecule has 5 rings (SSSR count). The molecule has 1 fully saturated rings. The first kappa shape index (κ1) is 31.9. The Morgan fingerprint density at radius 3 is 2.36 bits per heavy atom. The summed E-state index contributed by atoms with van der Waals surface area (Å²) in [5.41, 5.74) is 1.85. The molecule has 2 aromatic carbocycles. The van der Waals surface area contributed by atoms with Gasteiger partial charge in [-0.05, 0) is 18.2 Å². The van der Waals surface area contributed by atoms with Gasteiger partial charge in [-0.3, -0.25) is 24.5 Å². The summed E-state index contributed by atoms with van der Waals surface area (Å²) in [6.45, 7) is 4.25. The molecule has 45 heavy (non-hydrogen) atoms. The Morgan fingerprint density at radius 1 is 1.07 bits per heavy atom. The van der Waals surface area contributed by atoms with E-state index in [2.05, 4.69) is 0 Å². The Balaban J connectivity index is 1.30. The van der Waals surface area contributed by atoms with Crippen molar-refractivity contribution in [2.75, 3.05) is 51.3 Å². The lowest BCUT2D eigenvalue weighted by atomic mass is 10.00. The van der Waals surface area contributed by atoms with E-state index in [1.807, 2.05) is 4.90 Å². The third-order valence-corrected chi connectivity index (χ3v) is 8.22. The summed E-state index contributed by atoms with van der Waals surface area (Å²) in [5, 5.41) is 27.5. The number of hydrogen-bond acceptors (Lipinski definition) is 9. The molecule has 0 bridgehead atoms. The van der Waals surface area contributed by atoms with Crippen molar-refractivity contribution in [3.8, 4) is 11.3 Å². The number of β-amino-alcohol motifs (C(OH)–C–C–N with tert-alkyl or cyclic N) is 1. The van der Waals surface area contributed by atoms with Crippen molar-refractivity contribution in [3.05, 3.63) is 75.0 Å². The number of amides is 1. The van der Waals surface area contributed by atoms with Crippen LogP contribution in [0, 0.1) is 10.1 Å². The van der Waals surface area contributed by atoms with E-state index in [0.717, 1.165) is 23.4 Å². The molecule has 0 saturated carbocycles. The number of nitro benzene ring substituents is 1. The van der Waals surface area contributed by atoms with Crippen molar-refractivity contribution in [1.29, 1.82) is 0 Å². The maximum absolute atomic E-state index is 13.2. The number of esters is 1. The van der Waals surface area contributed by atoms with E-state index in [9.17, 15) is 38.0 Å². The van der Waals surface area contributed by atoms with E-state index in [-0.39, 0.29) is 42.5 Å². The third-order valence-electron chi connectivity index (χ3n) is 8.22. The lowest BCUT2D eigenvalue weighted by Gasteiger charge is -2.37. The van der Waals surface area contributed by atoms with Crippen molar-refractivity contribution < 1.29 is 37.5 Å². The van der Waals surface area contributed by atoms with E-state index in [0.29, 0.717) is 50.4 Å². The largest absolute Gasteiger partial charge is 0.465 e. The van der Waals surface area contributed by atoms with Gasteiger partial charge in [0.1, 0.15) is 5.69 Å². The maximum Gasteiger partial charge on any atom is 0.416 e. The average Bonchev–Trinajstić information content (AvgIpc) is 3.37. The number of nitro groups is 1. The van der Waals surface area contributed by atoms with Crippen molar-refractivity contribution in [2.45, 2.75) is 38.7 Å². The number of fused-ring (bicyclic) bond motifs is 1. The molecule has 3 heterocycles. The molecule has 1 aromatic heterocycles. The van der Waals surface area contributed by atoms with Crippen molar-refractivity contribution in [3.63, 3.8) is 0 Å². The minimum Gasteiger partial charge on any atom is -0.465 e. The summed E-state index contributed by atoms with van der Waals surface area (Å²) in [4.78, 5) is 41.1. The first-order valence-corrected chi connectivity index (χ1v) is 14.4. The summed E-state index contributed by atoms with van der Waals surface area (Å²) in [6, 6.07) is 9.00. The number of halogens is 3. The molecule has 1 atom stereocenters. The third kappa shape index (κ3) is 6.78. The second kappa shape index (κ2) is 12.9. The highest BCUT2D eigenvalue weighted by molar-refractivity contribution is 5.98. The number of alkyl halides is 3. The molecule has 240 valence electrons.